The summed E-state index contributed by atoms with van der Waals surface area (Å²) in [5.74, 6) is -0.242. The number of nitrogens with one attached hydrogen (secondary N) is 1. The van der Waals surface area contributed by atoms with E-state index < -0.39 is 12.1 Å². The smallest absolute Gasteiger partial charge is 0.317 e. The number of hydrogen-bond acceptors (Lipinski definition) is 4. The Morgan fingerprint density at radius 2 is 2.05 bits per heavy atom. The summed E-state index contributed by atoms with van der Waals surface area (Å²) in [5, 5.41) is 20.9. The van der Waals surface area contributed by atoms with Crippen molar-refractivity contribution in [1.82, 2.24) is 5.32 Å². The number of rotatable bonds is 8. The van der Waals surface area contributed by atoms with Gasteiger partial charge < -0.3 is 20.3 Å². The van der Waals surface area contributed by atoms with E-state index in [9.17, 15) is 9.90 Å². The van der Waals surface area contributed by atoms with Crippen LogP contribution < -0.4 is 10.1 Å². The Kier molecular flexibility index (Phi) is 6.05. The van der Waals surface area contributed by atoms with Gasteiger partial charge in [0.1, 0.15) is 12.4 Å². The van der Waals surface area contributed by atoms with Crippen LogP contribution in [0.5, 0.6) is 5.75 Å². The largest absolute Gasteiger partial charge is 0.489 e. The predicted molar refractivity (Wildman–Crippen MR) is 72.2 cm³/mol. The molecule has 1 aromatic rings. The quantitative estimate of drug-likeness (QED) is 0.618. The molecule has 0 aromatic heterocycles. The average molecular weight is 265 g/mol. The fourth-order valence-corrected chi connectivity index (χ4v) is 1.43. The summed E-state index contributed by atoms with van der Waals surface area (Å²) in [6.45, 7) is 6.11. The average Bonchev–Trinajstić information content (AvgIpc) is 2.36. The molecule has 0 bridgehead atoms. The van der Waals surface area contributed by atoms with Gasteiger partial charge in [0.05, 0.1) is 12.6 Å². The summed E-state index contributed by atoms with van der Waals surface area (Å²) in [6.07, 6.45) is -0.741. The van der Waals surface area contributed by atoms with Crippen LogP contribution in [-0.4, -0.2) is 35.9 Å². The lowest BCUT2D eigenvalue weighted by Crippen LogP contribution is -2.27. The van der Waals surface area contributed by atoms with Gasteiger partial charge in [-0.15, -0.1) is 0 Å². The Balaban J connectivity index is 2.45. The lowest BCUT2D eigenvalue weighted by atomic mass is 10.1. The Hall–Kier alpha value is -1.85. The molecule has 1 unspecified atom stereocenters. The second-order valence-electron chi connectivity index (χ2n) is 4.36. The first-order chi connectivity index (χ1) is 8.99. The highest BCUT2D eigenvalue weighted by Gasteiger charge is 2.08. The van der Waals surface area contributed by atoms with Crippen molar-refractivity contribution in [3.63, 3.8) is 0 Å². The van der Waals surface area contributed by atoms with E-state index in [1.165, 1.54) is 0 Å². The molecular weight excluding hydrogens is 246 g/mol. The van der Waals surface area contributed by atoms with E-state index in [2.05, 4.69) is 11.9 Å². The number of aliphatic hydroxyl groups excluding tert-OH is 1. The second kappa shape index (κ2) is 7.56. The van der Waals surface area contributed by atoms with Crippen molar-refractivity contribution in [3.05, 3.63) is 42.0 Å². The SMILES string of the molecule is C=C(C)COc1ccc(C(O)CNCC(=O)O)cc1. The lowest BCUT2D eigenvalue weighted by Gasteiger charge is -2.12. The maximum absolute atomic E-state index is 10.3. The molecule has 0 heterocycles. The van der Waals surface area contributed by atoms with Crippen molar-refractivity contribution in [1.29, 1.82) is 0 Å². The van der Waals surface area contributed by atoms with Crippen LogP contribution in [0.25, 0.3) is 0 Å². The molecule has 0 saturated carbocycles. The Morgan fingerprint density at radius 3 is 2.58 bits per heavy atom. The third kappa shape index (κ3) is 6.03. The molecular formula is C14H19NO4. The van der Waals surface area contributed by atoms with E-state index in [4.69, 9.17) is 9.84 Å². The van der Waals surface area contributed by atoms with Crippen molar-refractivity contribution in [2.24, 2.45) is 0 Å². The summed E-state index contributed by atoms with van der Waals surface area (Å²) in [6, 6.07) is 7.03. The molecule has 19 heavy (non-hydrogen) atoms. The summed E-state index contributed by atoms with van der Waals surface area (Å²) in [4.78, 5) is 10.3. The second-order valence-corrected chi connectivity index (χ2v) is 4.36. The molecule has 1 atom stereocenters. The Morgan fingerprint density at radius 1 is 1.42 bits per heavy atom. The summed E-state index contributed by atoms with van der Waals surface area (Å²) >= 11 is 0. The molecule has 5 nitrogen and oxygen atoms in total. The van der Waals surface area contributed by atoms with Crippen LogP contribution >= 0.6 is 0 Å². The molecule has 0 aliphatic rings. The fraction of sp³-hybridized carbons (Fsp3) is 0.357. The van der Waals surface area contributed by atoms with E-state index in [0.29, 0.717) is 17.9 Å². The Labute approximate surface area is 112 Å². The van der Waals surface area contributed by atoms with E-state index in [1.54, 1.807) is 24.3 Å². The highest BCUT2D eigenvalue weighted by atomic mass is 16.5. The van der Waals surface area contributed by atoms with E-state index in [-0.39, 0.29) is 13.1 Å². The van der Waals surface area contributed by atoms with Crippen molar-refractivity contribution in [2.75, 3.05) is 19.7 Å². The molecule has 1 rings (SSSR count). The van der Waals surface area contributed by atoms with Crippen molar-refractivity contribution < 1.29 is 19.7 Å². The first kappa shape index (κ1) is 15.2. The van der Waals surface area contributed by atoms with Gasteiger partial charge in [0.2, 0.25) is 0 Å². The van der Waals surface area contributed by atoms with Gasteiger partial charge >= 0.3 is 5.97 Å². The highest BCUT2D eigenvalue weighted by molar-refractivity contribution is 5.68. The monoisotopic (exact) mass is 265 g/mol. The van der Waals surface area contributed by atoms with Crippen LogP contribution in [0.2, 0.25) is 0 Å². The van der Waals surface area contributed by atoms with Crippen LogP contribution in [-0.2, 0) is 4.79 Å². The van der Waals surface area contributed by atoms with Crippen LogP contribution in [0.1, 0.15) is 18.6 Å². The van der Waals surface area contributed by atoms with E-state index in [0.717, 1.165) is 5.57 Å². The molecule has 0 aliphatic heterocycles. The molecule has 104 valence electrons. The van der Waals surface area contributed by atoms with Crippen LogP contribution in [0.3, 0.4) is 0 Å². The third-order valence-corrected chi connectivity index (χ3v) is 2.36. The molecule has 1 aromatic carbocycles. The third-order valence-electron chi connectivity index (χ3n) is 2.36. The zero-order chi connectivity index (χ0) is 14.3. The van der Waals surface area contributed by atoms with Crippen LogP contribution in [0.4, 0.5) is 0 Å². The molecule has 3 N–H and O–H groups in total. The topological polar surface area (TPSA) is 78.8 Å². The van der Waals surface area contributed by atoms with Gasteiger partial charge in [0.25, 0.3) is 0 Å². The molecule has 0 radical (unpaired) electrons. The highest BCUT2D eigenvalue weighted by Crippen LogP contribution is 2.17. The van der Waals surface area contributed by atoms with Crippen LogP contribution in [0, 0.1) is 0 Å². The number of hydrogen-bond donors (Lipinski definition) is 3. The minimum Gasteiger partial charge on any atom is -0.489 e. The minimum absolute atomic E-state index is 0.170. The zero-order valence-electron chi connectivity index (χ0n) is 10.9. The molecule has 0 amide bonds. The predicted octanol–water partition coefficient (Wildman–Crippen LogP) is 1.35. The number of carbonyl (C=O) groups is 1. The molecule has 5 heteroatoms. The lowest BCUT2D eigenvalue weighted by molar-refractivity contribution is -0.136. The number of carboxylic acid groups (broad SMARTS) is 1. The maximum atomic E-state index is 10.3. The Bertz CT molecular complexity index is 428. The molecule has 0 spiro atoms. The zero-order valence-corrected chi connectivity index (χ0v) is 10.9. The first-order valence-electron chi connectivity index (χ1n) is 5.96. The number of aliphatic hydroxyl groups is 1. The van der Waals surface area contributed by atoms with Crippen molar-refractivity contribution >= 4 is 5.97 Å². The fourth-order valence-electron chi connectivity index (χ4n) is 1.43. The standard InChI is InChI=1S/C14H19NO4/c1-10(2)9-19-12-5-3-11(4-6-12)13(16)7-15-8-14(17)18/h3-6,13,15-16H,1,7-9H2,2H3,(H,17,18). The number of ether oxygens (including phenoxy) is 1. The van der Waals surface area contributed by atoms with Gasteiger partial charge in [-0.05, 0) is 30.2 Å². The molecule has 0 saturated heterocycles. The summed E-state index contributed by atoms with van der Waals surface area (Å²) < 4.78 is 5.44. The van der Waals surface area contributed by atoms with Gasteiger partial charge in [-0.25, -0.2) is 0 Å². The number of carboxylic acids is 1. The van der Waals surface area contributed by atoms with Gasteiger partial charge in [-0.3, -0.25) is 4.79 Å². The van der Waals surface area contributed by atoms with E-state index in [1.807, 2.05) is 6.92 Å². The molecule has 0 aliphatic carbocycles. The summed E-state index contributed by atoms with van der Waals surface area (Å²) in [7, 11) is 0. The van der Waals surface area contributed by atoms with Gasteiger partial charge in [0.15, 0.2) is 0 Å². The maximum Gasteiger partial charge on any atom is 0.317 e. The van der Waals surface area contributed by atoms with Gasteiger partial charge in [-0.1, -0.05) is 18.7 Å². The van der Waals surface area contributed by atoms with Crippen LogP contribution in [0.15, 0.2) is 36.4 Å². The first-order valence-corrected chi connectivity index (χ1v) is 5.96. The van der Waals surface area contributed by atoms with Crippen molar-refractivity contribution in [3.8, 4) is 5.75 Å². The minimum atomic E-state index is -0.948. The van der Waals surface area contributed by atoms with E-state index >= 15 is 0 Å². The van der Waals surface area contributed by atoms with Crippen molar-refractivity contribution in [2.45, 2.75) is 13.0 Å². The van der Waals surface area contributed by atoms with Gasteiger partial charge in [-0.2, -0.15) is 0 Å². The van der Waals surface area contributed by atoms with Gasteiger partial charge in [0, 0.05) is 6.54 Å². The normalized spacial score (nSPS) is 11.9. The number of aliphatic carboxylic acids is 1. The summed E-state index contributed by atoms with van der Waals surface area (Å²) in [5.41, 5.74) is 1.64. The number of benzene rings is 1. The molecule has 0 fully saturated rings.